The van der Waals surface area contributed by atoms with Crippen LogP contribution >= 0.6 is 0 Å². The molecule has 0 bridgehead atoms. The van der Waals surface area contributed by atoms with Crippen LogP contribution in [0.1, 0.15) is 25.3 Å². The molecule has 0 heterocycles. The summed E-state index contributed by atoms with van der Waals surface area (Å²) in [6, 6.07) is 13.4. The van der Waals surface area contributed by atoms with E-state index in [1.54, 1.807) is 26.2 Å². The Labute approximate surface area is 148 Å². The Kier molecular flexibility index (Phi) is 6.03. The fourth-order valence-electron chi connectivity index (χ4n) is 2.11. The third-order valence-electron chi connectivity index (χ3n) is 3.87. The molecule has 0 saturated heterocycles. The lowest BCUT2D eigenvalue weighted by atomic mass is 9.97. The molecular formula is C18H21NO5S. The second-order valence-electron chi connectivity index (χ2n) is 5.43. The molecule has 25 heavy (non-hydrogen) atoms. The minimum Gasteiger partial charge on any atom is -0.497 e. The zero-order chi connectivity index (χ0) is 18.4. The Morgan fingerprint density at radius 3 is 1.88 bits per heavy atom. The molecule has 134 valence electrons. The predicted octanol–water partition coefficient (Wildman–Crippen LogP) is 3.59. The smallest absolute Gasteiger partial charge is 0.358 e. The second-order valence-corrected chi connectivity index (χ2v) is 6.96. The van der Waals surface area contributed by atoms with Crippen molar-refractivity contribution in [1.29, 1.82) is 0 Å². The van der Waals surface area contributed by atoms with Crippen LogP contribution < -0.4 is 9.47 Å². The van der Waals surface area contributed by atoms with Crippen LogP contribution in [-0.4, -0.2) is 28.3 Å². The van der Waals surface area contributed by atoms with E-state index in [9.17, 15) is 8.42 Å². The van der Waals surface area contributed by atoms with Gasteiger partial charge in [0.05, 0.1) is 19.9 Å². The van der Waals surface area contributed by atoms with Crippen molar-refractivity contribution < 1.29 is 22.2 Å². The maximum atomic E-state index is 12.2. The summed E-state index contributed by atoms with van der Waals surface area (Å²) in [5, 5.41) is 3.80. The van der Waals surface area contributed by atoms with E-state index in [4.69, 9.17) is 13.8 Å². The lowest BCUT2D eigenvalue weighted by Crippen LogP contribution is -2.09. The highest BCUT2D eigenvalue weighted by Gasteiger charge is 2.17. The van der Waals surface area contributed by atoms with E-state index in [0.717, 1.165) is 11.3 Å². The van der Waals surface area contributed by atoms with Crippen molar-refractivity contribution in [3.8, 4) is 11.5 Å². The van der Waals surface area contributed by atoms with Crippen LogP contribution in [0.25, 0.3) is 0 Å². The summed E-state index contributed by atoms with van der Waals surface area (Å²) in [5.74, 6) is 1.22. The van der Waals surface area contributed by atoms with Crippen molar-refractivity contribution in [2.75, 3.05) is 14.2 Å². The molecule has 0 N–H and O–H groups in total. The molecule has 0 amide bonds. The summed E-state index contributed by atoms with van der Waals surface area (Å²) in [5.41, 5.74) is 1.52. The molecule has 0 aliphatic heterocycles. The van der Waals surface area contributed by atoms with Crippen molar-refractivity contribution in [2.45, 2.75) is 24.7 Å². The number of benzene rings is 2. The molecule has 0 radical (unpaired) electrons. The van der Waals surface area contributed by atoms with Crippen LogP contribution in [0.4, 0.5) is 0 Å². The van der Waals surface area contributed by atoms with Gasteiger partial charge >= 0.3 is 10.1 Å². The Bertz CT molecular complexity index is 827. The van der Waals surface area contributed by atoms with Crippen LogP contribution in [0, 0.1) is 0 Å². The molecule has 2 rings (SSSR count). The summed E-state index contributed by atoms with van der Waals surface area (Å²) in [6.45, 7) is 3.64. The van der Waals surface area contributed by atoms with Gasteiger partial charge in [0.25, 0.3) is 0 Å². The van der Waals surface area contributed by atoms with Crippen molar-refractivity contribution in [1.82, 2.24) is 0 Å². The van der Waals surface area contributed by atoms with Crippen LogP contribution in [0.15, 0.2) is 58.6 Å². The second kappa shape index (κ2) is 8.02. The molecule has 0 fully saturated rings. The monoisotopic (exact) mass is 363 g/mol. The third kappa shape index (κ3) is 4.73. The Hall–Kier alpha value is -2.54. The van der Waals surface area contributed by atoms with Crippen molar-refractivity contribution in [3.63, 3.8) is 0 Å². The molecule has 2 aromatic rings. The minimum absolute atomic E-state index is 0.0157. The first kappa shape index (κ1) is 18.8. The maximum absolute atomic E-state index is 12.2. The van der Waals surface area contributed by atoms with E-state index in [1.807, 2.05) is 31.2 Å². The highest BCUT2D eigenvalue weighted by Crippen LogP contribution is 2.22. The molecule has 6 nitrogen and oxygen atoms in total. The molecule has 1 atom stereocenters. The van der Waals surface area contributed by atoms with E-state index in [1.165, 1.54) is 19.2 Å². The van der Waals surface area contributed by atoms with Gasteiger partial charge in [0.2, 0.25) is 0 Å². The Morgan fingerprint density at radius 2 is 1.40 bits per heavy atom. The fraction of sp³-hybridized carbons (Fsp3) is 0.278. The summed E-state index contributed by atoms with van der Waals surface area (Å²) < 4.78 is 39.3. The van der Waals surface area contributed by atoms with Crippen LogP contribution in [0.3, 0.4) is 0 Å². The predicted molar refractivity (Wildman–Crippen MR) is 95.8 cm³/mol. The normalized spacial score (nSPS) is 13.2. The molecule has 0 spiro atoms. The minimum atomic E-state index is -3.97. The molecule has 0 saturated carbocycles. The molecular weight excluding hydrogens is 342 g/mol. The number of methoxy groups -OCH3 is 2. The van der Waals surface area contributed by atoms with Crippen LogP contribution in [0.5, 0.6) is 11.5 Å². The molecule has 0 aromatic heterocycles. The Morgan fingerprint density at radius 1 is 0.920 bits per heavy atom. The van der Waals surface area contributed by atoms with Gasteiger partial charge in [-0.2, -0.15) is 8.42 Å². The number of oxime groups is 1. The van der Waals surface area contributed by atoms with Gasteiger partial charge in [-0.3, -0.25) is 4.28 Å². The summed E-state index contributed by atoms with van der Waals surface area (Å²) in [7, 11) is -0.861. The SMILES string of the molecule is COc1ccc(C(C)/C(C)=N/OS(=O)(=O)c2ccc(OC)cc2)cc1. The number of rotatable bonds is 7. The number of ether oxygens (including phenoxy) is 2. The number of nitrogens with zero attached hydrogens (tertiary/aromatic N) is 1. The zero-order valence-corrected chi connectivity index (χ0v) is 15.4. The molecule has 2 aromatic carbocycles. The average molecular weight is 363 g/mol. The van der Waals surface area contributed by atoms with Gasteiger partial charge in [0.1, 0.15) is 16.4 Å². The lowest BCUT2D eigenvalue weighted by molar-refractivity contribution is 0.336. The summed E-state index contributed by atoms with van der Waals surface area (Å²) >= 11 is 0. The standard InChI is InChI=1S/C18H21NO5S/c1-13(15-5-7-16(22-3)8-6-15)14(2)19-24-25(20,21)18-11-9-17(23-4)10-12-18/h5-13H,1-4H3/b19-14+. The first-order valence-corrected chi connectivity index (χ1v) is 9.04. The highest BCUT2D eigenvalue weighted by molar-refractivity contribution is 7.86. The molecule has 0 aliphatic carbocycles. The first-order chi connectivity index (χ1) is 11.9. The van der Waals surface area contributed by atoms with Gasteiger partial charge in [0, 0.05) is 5.92 Å². The highest BCUT2D eigenvalue weighted by atomic mass is 32.2. The Balaban J connectivity index is 2.12. The first-order valence-electron chi connectivity index (χ1n) is 7.63. The number of hydrogen-bond donors (Lipinski definition) is 0. The van der Waals surface area contributed by atoms with E-state index in [2.05, 4.69) is 5.16 Å². The van der Waals surface area contributed by atoms with E-state index in [0.29, 0.717) is 11.5 Å². The zero-order valence-electron chi connectivity index (χ0n) is 14.6. The summed E-state index contributed by atoms with van der Waals surface area (Å²) in [6.07, 6.45) is 0. The topological polar surface area (TPSA) is 74.2 Å². The number of hydrogen-bond acceptors (Lipinski definition) is 6. The molecule has 1 unspecified atom stereocenters. The quantitative estimate of drug-likeness (QED) is 0.555. The van der Waals surface area contributed by atoms with Gasteiger partial charge in [-0.15, -0.1) is 0 Å². The van der Waals surface area contributed by atoms with Gasteiger partial charge in [-0.1, -0.05) is 24.2 Å². The molecule has 7 heteroatoms. The van der Waals surface area contributed by atoms with Crippen LogP contribution in [0.2, 0.25) is 0 Å². The van der Waals surface area contributed by atoms with Gasteiger partial charge in [0.15, 0.2) is 0 Å². The lowest BCUT2D eigenvalue weighted by Gasteiger charge is -2.12. The van der Waals surface area contributed by atoms with Gasteiger partial charge in [-0.25, -0.2) is 0 Å². The van der Waals surface area contributed by atoms with Crippen molar-refractivity contribution in [3.05, 3.63) is 54.1 Å². The fourth-order valence-corrected chi connectivity index (χ4v) is 2.88. The van der Waals surface area contributed by atoms with E-state index < -0.39 is 10.1 Å². The molecule has 0 aliphatic rings. The summed E-state index contributed by atoms with van der Waals surface area (Å²) in [4.78, 5) is 0.0157. The largest absolute Gasteiger partial charge is 0.497 e. The van der Waals surface area contributed by atoms with Crippen molar-refractivity contribution >= 4 is 15.8 Å². The average Bonchev–Trinajstić information content (AvgIpc) is 2.65. The van der Waals surface area contributed by atoms with Crippen molar-refractivity contribution in [2.24, 2.45) is 5.16 Å². The van der Waals surface area contributed by atoms with E-state index >= 15 is 0 Å². The van der Waals surface area contributed by atoms with Crippen LogP contribution in [-0.2, 0) is 14.4 Å². The third-order valence-corrected chi connectivity index (χ3v) is 4.99. The van der Waals surface area contributed by atoms with Gasteiger partial charge in [-0.05, 0) is 48.9 Å². The van der Waals surface area contributed by atoms with Gasteiger partial charge < -0.3 is 9.47 Å². The maximum Gasteiger partial charge on any atom is 0.358 e. The van der Waals surface area contributed by atoms with E-state index in [-0.39, 0.29) is 10.8 Å².